The molecule has 0 radical (unpaired) electrons. The van der Waals surface area contributed by atoms with Crippen LogP contribution in [0.25, 0.3) is 0 Å². The fraction of sp³-hybridized carbons (Fsp3) is 0.880. The molecule has 7 N–H and O–H groups in total. The van der Waals surface area contributed by atoms with Gasteiger partial charge in [-0.15, -0.1) is 0 Å². The highest BCUT2D eigenvalue weighted by Gasteiger charge is 2.33. The van der Waals surface area contributed by atoms with E-state index in [0.29, 0.717) is 0 Å². The Kier molecular flexibility index (Phi) is 14.2. The van der Waals surface area contributed by atoms with Gasteiger partial charge in [0.05, 0.1) is 12.1 Å². The standard InChI is InChI=1S/C25H49N4O6P/c1-14(2)20(26)23(31)28-22(16(5)6)25(33)29-21(15(3)4)24(32)27-13-18(30)12-19(36(34)35)17-10-8-7-9-11-17/h14-22,30,36H,7-13,26H2,1-6H3,(H,27,32)(H,28,31)(H,29,33)(H,34,35)/t18-,19?,20+,21+,22+/m1/s1. The van der Waals surface area contributed by atoms with Crippen LogP contribution in [0.2, 0.25) is 0 Å². The number of carbonyl (C=O) groups excluding carboxylic acids is 3. The number of nitrogens with one attached hydrogen (secondary N) is 3. The van der Waals surface area contributed by atoms with Gasteiger partial charge in [-0.25, -0.2) is 0 Å². The van der Waals surface area contributed by atoms with Crippen molar-refractivity contribution in [2.75, 3.05) is 6.54 Å². The van der Waals surface area contributed by atoms with E-state index in [1.54, 1.807) is 27.7 Å². The Morgan fingerprint density at radius 2 is 1.36 bits per heavy atom. The molecule has 36 heavy (non-hydrogen) atoms. The molecule has 0 spiro atoms. The molecule has 3 amide bonds. The third-order valence-electron chi connectivity index (χ3n) is 7.09. The normalized spacial score (nSPS) is 19.9. The molecule has 0 heterocycles. The number of carbonyl (C=O) groups is 3. The minimum absolute atomic E-state index is 0.0795. The quantitative estimate of drug-likeness (QED) is 0.184. The first kappa shape index (κ1) is 32.5. The molecule has 210 valence electrons. The Bertz CT molecular complexity index is 742. The molecule has 1 aliphatic rings. The van der Waals surface area contributed by atoms with Gasteiger partial charge in [0.15, 0.2) is 8.03 Å². The van der Waals surface area contributed by atoms with Crippen molar-refractivity contribution in [2.24, 2.45) is 29.4 Å². The second kappa shape index (κ2) is 15.7. The maximum Gasteiger partial charge on any atom is 0.243 e. The zero-order valence-corrected chi connectivity index (χ0v) is 23.8. The van der Waals surface area contributed by atoms with E-state index in [4.69, 9.17) is 5.73 Å². The topological polar surface area (TPSA) is 171 Å². The average molecular weight is 533 g/mol. The van der Waals surface area contributed by atoms with E-state index >= 15 is 0 Å². The molecule has 0 aromatic carbocycles. The van der Waals surface area contributed by atoms with Gasteiger partial charge in [-0.3, -0.25) is 18.9 Å². The van der Waals surface area contributed by atoms with Gasteiger partial charge in [-0.2, -0.15) is 0 Å². The largest absolute Gasteiger partial charge is 0.391 e. The number of nitrogens with two attached hydrogens (primary N) is 1. The van der Waals surface area contributed by atoms with Crippen LogP contribution in [0.4, 0.5) is 0 Å². The molecule has 0 aromatic heterocycles. The second-order valence-corrected chi connectivity index (χ2v) is 12.6. The van der Waals surface area contributed by atoms with Crippen LogP contribution in [0.3, 0.4) is 0 Å². The summed E-state index contributed by atoms with van der Waals surface area (Å²) in [5.41, 5.74) is 5.45. The number of rotatable bonds is 14. The SMILES string of the molecule is CC(C)[C@H](N)C(=O)N[C@H](C(=O)N[C@H](C(=O)NC[C@H](O)CC(C1CCCCC1)[PH](=O)O)C(C)C)C(C)C. The smallest absolute Gasteiger partial charge is 0.243 e. The van der Waals surface area contributed by atoms with Crippen LogP contribution in [0, 0.1) is 23.7 Å². The van der Waals surface area contributed by atoms with Crippen molar-refractivity contribution in [1.29, 1.82) is 0 Å². The predicted octanol–water partition coefficient (Wildman–Crippen LogP) is 1.53. The average Bonchev–Trinajstić information content (AvgIpc) is 2.81. The number of hydrogen-bond acceptors (Lipinski definition) is 6. The Labute approximate surface area is 216 Å². The molecule has 0 aromatic rings. The summed E-state index contributed by atoms with van der Waals surface area (Å²) < 4.78 is 12.0. The van der Waals surface area contributed by atoms with Gasteiger partial charge in [0.25, 0.3) is 0 Å². The van der Waals surface area contributed by atoms with Gasteiger partial charge >= 0.3 is 0 Å². The molecular formula is C25H49N4O6P. The predicted molar refractivity (Wildman–Crippen MR) is 142 cm³/mol. The molecule has 10 nitrogen and oxygen atoms in total. The maximum atomic E-state index is 13.0. The van der Waals surface area contributed by atoms with Gasteiger partial charge in [0.2, 0.25) is 17.7 Å². The molecule has 1 saturated carbocycles. The van der Waals surface area contributed by atoms with Crippen LogP contribution in [-0.4, -0.2) is 64.2 Å². The summed E-state index contributed by atoms with van der Waals surface area (Å²) in [5, 5.41) is 18.6. The van der Waals surface area contributed by atoms with Crippen LogP contribution >= 0.6 is 8.03 Å². The lowest BCUT2D eigenvalue weighted by molar-refractivity contribution is -0.134. The third-order valence-corrected chi connectivity index (χ3v) is 8.43. The summed E-state index contributed by atoms with van der Waals surface area (Å²) in [5.74, 6) is -1.83. The van der Waals surface area contributed by atoms with Crippen molar-refractivity contribution in [1.82, 2.24) is 16.0 Å². The van der Waals surface area contributed by atoms with E-state index in [2.05, 4.69) is 16.0 Å². The summed E-state index contributed by atoms with van der Waals surface area (Å²) in [7, 11) is -2.81. The highest BCUT2D eigenvalue weighted by atomic mass is 31.1. The molecular weight excluding hydrogens is 483 g/mol. The van der Waals surface area contributed by atoms with Gasteiger partial charge in [0.1, 0.15) is 12.1 Å². The Morgan fingerprint density at radius 1 is 0.861 bits per heavy atom. The lowest BCUT2D eigenvalue weighted by atomic mass is 9.85. The molecule has 0 bridgehead atoms. The number of aliphatic hydroxyl groups excluding tert-OH is 1. The monoisotopic (exact) mass is 532 g/mol. The molecule has 1 rings (SSSR count). The van der Waals surface area contributed by atoms with Crippen LogP contribution in [0.15, 0.2) is 0 Å². The van der Waals surface area contributed by atoms with Crippen LogP contribution in [0.1, 0.15) is 80.1 Å². The summed E-state index contributed by atoms with van der Waals surface area (Å²) in [4.78, 5) is 48.2. The molecule has 1 fully saturated rings. The van der Waals surface area contributed by atoms with Crippen LogP contribution in [0.5, 0.6) is 0 Å². The molecule has 2 unspecified atom stereocenters. The van der Waals surface area contributed by atoms with E-state index < -0.39 is 55.6 Å². The van der Waals surface area contributed by atoms with Crippen molar-refractivity contribution < 1.29 is 28.9 Å². The van der Waals surface area contributed by atoms with Gasteiger partial charge < -0.3 is 31.7 Å². The number of aliphatic hydroxyl groups is 1. The molecule has 0 saturated heterocycles. The molecule has 11 heteroatoms. The molecule has 1 aliphatic carbocycles. The zero-order chi connectivity index (χ0) is 27.6. The fourth-order valence-corrected chi connectivity index (χ4v) is 5.81. The van der Waals surface area contributed by atoms with Crippen LogP contribution < -0.4 is 21.7 Å². The molecule has 6 atom stereocenters. The van der Waals surface area contributed by atoms with E-state index in [-0.39, 0.29) is 36.6 Å². The van der Waals surface area contributed by atoms with Crippen molar-refractivity contribution in [2.45, 2.75) is 110 Å². The highest BCUT2D eigenvalue weighted by Crippen LogP contribution is 2.40. The highest BCUT2D eigenvalue weighted by molar-refractivity contribution is 7.38. The summed E-state index contributed by atoms with van der Waals surface area (Å²) in [6.07, 6.45) is 4.14. The lowest BCUT2D eigenvalue weighted by Crippen LogP contribution is -2.59. The Hall–Kier alpha value is -1.48. The first-order chi connectivity index (χ1) is 16.8. The molecule has 0 aliphatic heterocycles. The van der Waals surface area contributed by atoms with Crippen molar-refractivity contribution >= 4 is 25.7 Å². The van der Waals surface area contributed by atoms with Crippen molar-refractivity contribution in [3.05, 3.63) is 0 Å². The summed E-state index contributed by atoms with van der Waals surface area (Å²) in [6.45, 7) is 10.7. The van der Waals surface area contributed by atoms with Gasteiger partial charge in [0, 0.05) is 12.2 Å². The van der Waals surface area contributed by atoms with E-state index in [1.807, 2.05) is 13.8 Å². The number of hydrogen-bond donors (Lipinski definition) is 6. The van der Waals surface area contributed by atoms with Crippen molar-refractivity contribution in [3.63, 3.8) is 0 Å². The maximum absolute atomic E-state index is 13.0. The van der Waals surface area contributed by atoms with E-state index in [9.17, 15) is 28.9 Å². The van der Waals surface area contributed by atoms with E-state index in [0.717, 1.165) is 32.1 Å². The zero-order valence-electron chi connectivity index (χ0n) is 22.8. The van der Waals surface area contributed by atoms with Crippen LogP contribution in [-0.2, 0) is 18.9 Å². The summed E-state index contributed by atoms with van der Waals surface area (Å²) >= 11 is 0. The lowest BCUT2D eigenvalue weighted by Gasteiger charge is -2.30. The van der Waals surface area contributed by atoms with Crippen molar-refractivity contribution in [3.8, 4) is 0 Å². The minimum atomic E-state index is -2.81. The first-order valence-electron chi connectivity index (χ1n) is 13.3. The number of amides is 3. The van der Waals surface area contributed by atoms with Gasteiger partial charge in [-0.1, -0.05) is 60.8 Å². The third kappa shape index (κ3) is 10.5. The Morgan fingerprint density at radius 3 is 1.83 bits per heavy atom. The summed E-state index contributed by atoms with van der Waals surface area (Å²) in [6, 6.07) is -2.50. The second-order valence-electron chi connectivity index (χ2n) is 11.2. The first-order valence-corrected chi connectivity index (χ1v) is 14.7. The fourth-order valence-electron chi connectivity index (χ4n) is 4.60. The van der Waals surface area contributed by atoms with E-state index in [1.165, 1.54) is 0 Å². The Balaban J connectivity index is 2.75. The van der Waals surface area contributed by atoms with Gasteiger partial charge in [-0.05, 0) is 42.9 Å². The minimum Gasteiger partial charge on any atom is -0.391 e.